The first-order valence-electron chi connectivity index (χ1n) is 28.3. The molecule has 0 fully saturated rings. The normalized spacial score (nSPS) is 11.9. The zero-order valence-electron chi connectivity index (χ0n) is 49.1. The number of alkyl halides is 1. The minimum atomic E-state index is -1.13. The molecule has 0 saturated heterocycles. The molecule has 4 aromatic heterocycles. The fourth-order valence-corrected chi connectivity index (χ4v) is 11.2. The van der Waals surface area contributed by atoms with Crippen LogP contribution in [0.5, 0.6) is 0 Å². The standard InChI is InChI=1S/C23H19BrN2O4.C23H21BrN2O2.C14H12.C6H5Br2N.C6H6BrN.ClH/c24-21-10-9-14(12-25-21)11-20(22(27)28)26-23(29)30-13-19-17-7-3-1-5-15(17)16-6-2-4-8-18(16)19;1-15(12-16-10-11-22(24)25-13-16)26-23(27)28-14-21-19-8-4-2-6-17(19)18-7-3-5-9-20(18)21;1-12(13-8-4-2-5-9-13)14-10-6-3-7-11-14;7-3-5-1-2-6(8)9-4-5;1-5-2-3-6(7)8-4-5;/h1-10,12,19-20H,11,13H2,(H,26,29)(H,27,28);2-11,13,15,21H,12,14H2,1H3,(H,26,27);2-11H,1H2;1-2,4H,3H2;2-4H,1H3;1H/t20-;15-;;;;/m01..../s1. The first-order chi connectivity index (χ1) is 43.1. The third-order valence-corrected chi connectivity index (χ3v) is 16.8. The van der Waals surface area contributed by atoms with Gasteiger partial charge in [-0.3, -0.25) is 0 Å². The SMILES string of the molecule is BrCc1ccc(Br)nc1.C=C(c1ccccc1)c1ccccc1.C[C@H](Cc1ccc(Br)nc1)NC(=O)OCC1c2ccccc2-c2ccccc21.Cc1ccc(Br)nc1.Cl.O=C(N[C@@H](Cc1ccc(Br)nc1)C(=O)O)OCC1c2ccccc2-c2ccccc21. The second-order valence-corrected chi connectivity index (χ2v) is 24.4. The summed E-state index contributed by atoms with van der Waals surface area (Å²) >= 11 is 16.4. The molecule has 12 rings (SSSR count). The van der Waals surface area contributed by atoms with Gasteiger partial charge in [0.2, 0.25) is 0 Å². The van der Waals surface area contributed by atoms with Crippen LogP contribution in [0.25, 0.3) is 27.8 Å². The smallest absolute Gasteiger partial charge is 0.407 e. The lowest BCUT2D eigenvalue weighted by molar-refractivity contribution is -0.139. The number of carboxylic acid groups (broad SMARTS) is 1. The van der Waals surface area contributed by atoms with Crippen LogP contribution < -0.4 is 10.6 Å². The van der Waals surface area contributed by atoms with E-state index in [1.54, 1.807) is 24.5 Å². The van der Waals surface area contributed by atoms with Crippen LogP contribution in [-0.2, 0) is 32.4 Å². The summed E-state index contributed by atoms with van der Waals surface area (Å²) in [5.41, 5.74) is 16.9. The van der Waals surface area contributed by atoms with Crippen molar-refractivity contribution >= 4 is 116 Å². The average molecular weight is 1540 g/mol. The Morgan fingerprint density at radius 2 is 0.822 bits per heavy atom. The Morgan fingerprint density at radius 1 is 0.478 bits per heavy atom. The Labute approximate surface area is 573 Å². The Balaban J connectivity index is 0.000000175. The zero-order chi connectivity index (χ0) is 63.1. The number of aromatic nitrogens is 4. The second kappa shape index (κ2) is 35.7. The van der Waals surface area contributed by atoms with E-state index in [0.717, 1.165) is 52.5 Å². The Bertz CT molecular complexity index is 3780. The van der Waals surface area contributed by atoms with Crippen molar-refractivity contribution in [2.45, 2.75) is 55.9 Å². The van der Waals surface area contributed by atoms with Crippen LogP contribution >= 0.6 is 92.1 Å². The fraction of sp³-hybridized carbons (Fsp3) is 0.153. The average Bonchev–Trinajstić information content (AvgIpc) is 1.74. The Hall–Kier alpha value is -7.64. The number of amides is 2. The highest BCUT2D eigenvalue weighted by Gasteiger charge is 2.31. The molecule has 0 unspecified atom stereocenters. The number of alkyl carbamates (subject to hydrolysis) is 2. The van der Waals surface area contributed by atoms with Crippen LogP contribution in [0.3, 0.4) is 0 Å². The molecule has 90 heavy (non-hydrogen) atoms. The van der Waals surface area contributed by atoms with Crippen LogP contribution in [0.15, 0.2) is 256 Å². The highest BCUT2D eigenvalue weighted by atomic mass is 79.9. The highest BCUT2D eigenvalue weighted by Crippen LogP contribution is 2.46. The molecule has 6 aromatic carbocycles. The van der Waals surface area contributed by atoms with E-state index in [2.05, 4.69) is 177 Å². The molecule has 2 amide bonds. The van der Waals surface area contributed by atoms with E-state index in [9.17, 15) is 19.5 Å². The Morgan fingerprint density at radius 3 is 1.17 bits per heavy atom. The van der Waals surface area contributed by atoms with Crippen molar-refractivity contribution in [3.8, 4) is 22.3 Å². The number of carbonyl (C=O) groups is 3. The molecular weight excluding hydrogens is 1480 g/mol. The van der Waals surface area contributed by atoms with Crippen LogP contribution in [-0.4, -0.2) is 68.5 Å². The molecule has 10 aromatic rings. The predicted molar refractivity (Wildman–Crippen MR) is 378 cm³/mol. The van der Waals surface area contributed by atoms with Gasteiger partial charge in [0.15, 0.2) is 0 Å². The van der Waals surface area contributed by atoms with Gasteiger partial charge in [0, 0.05) is 54.4 Å². The topological polar surface area (TPSA) is 166 Å². The van der Waals surface area contributed by atoms with Crippen LogP contribution in [0.4, 0.5) is 9.59 Å². The predicted octanol–water partition coefficient (Wildman–Crippen LogP) is 18.8. The number of halogens is 6. The van der Waals surface area contributed by atoms with E-state index in [1.165, 1.54) is 44.5 Å². The third-order valence-electron chi connectivity index (χ3n) is 14.3. The van der Waals surface area contributed by atoms with E-state index >= 15 is 0 Å². The summed E-state index contributed by atoms with van der Waals surface area (Å²) < 4.78 is 14.3. The van der Waals surface area contributed by atoms with Crippen LogP contribution in [0.1, 0.15) is 74.4 Å². The molecule has 3 N–H and O–H groups in total. The number of carboxylic acids is 1. The van der Waals surface area contributed by atoms with E-state index in [0.29, 0.717) is 23.2 Å². The van der Waals surface area contributed by atoms with E-state index in [4.69, 9.17) is 9.47 Å². The number of fused-ring (bicyclic) bond motifs is 6. The lowest BCUT2D eigenvalue weighted by atomic mass is 9.98. The second-order valence-electron chi connectivity index (χ2n) is 20.6. The summed E-state index contributed by atoms with van der Waals surface area (Å²) in [5.74, 6) is -1.14. The molecule has 2 aliphatic carbocycles. The number of nitrogens with one attached hydrogen (secondary N) is 2. The molecule has 4 heterocycles. The van der Waals surface area contributed by atoms with Gasteiger partial charge in [0.1, 0.15) is 37.7 Å². The Kier molecular flexibility index (Phi) is 27.7. The number of ether oxygens (including phenoxy) is 2. The van der Waals surface area contributed by atoms with Gasteiger partial charge in [-0.2, -0.15) is 0 Å². The highest BCUT2D eigenvalue weighted by molar-refractivity contribution is 9.11. The van der Waals surface area contributed by atoms with Crippen molar-refractivity contribution in [3.05, 3.63) is 312 Å². The summed E-state index contributed by atoms with van der Waals surface area (Å²) in [6, 6.07) is 67.3. The number of benzene rings is 6. The van der Waals surface area contributed by atoms with Crippen molar-refractivity contribution in [1.82, 2.24) is 30.6 Å². The number of hydrogen-bond acceptors (Lipinski definition) is 9. The molecule has 2 atom stereocenters. The van der Waals surface area contributed by atoms with Gasteiger partial charge in [-0.15, -0.1) is 12.4 Å². The monoisotopic (exact) mass is 1540 g/mol. The summed E-state index contributed by atoms with van der Waals surface area (Å²) in [6.07, 6.45) is 6.70. The first kappa shape index (κ1) is 69.8. The third kappa shape index (κ3) is 20.7. The molecule has 0 spiro atoms. The lowest BCUT2D eigenvalue weighted by Gasteiger charge is -2.17. The minimum Gasteiger partial charge on any atom is -0.480 e. The summed E-state index contributed by atoms with van der Waals surface area (Å²) in [6.45, 7) is 8.53. The number of carbonyl (C=O) groups excluding carboxylic acids is 2. The molecule has 18 heteroatoms. The number of hydrogen-bond donors (Lipinski definition) is 3. The maximum atomic E-state index is 12.4. The van der Waals surface area contributed by atoms with E-state index in [1.807, 2.05) is 160 Å². The van der Waals surface area contributed by atoms with Gasteiger partial charge in [0.05, 0.1) is 0 Å². The maximum Gasteiger partial charge on any atom is 0.407 e. The van der Waals surface area contributed by atoms with Crippen molar-refractivity contribution in [1.29, 1.82) is 0 Å². The van der Waals surface area contributed by atoms with Crippen molar-refractivity contribution in [3.63, 3.8) is 0 Å². The summed E-state index contributed by atoms with van der Waals surface area (Å²) in [7, 11) is 0. The van der Waals surface area contributed by atoms with Crippen molar-refractivity contribution < 1.29 is 29.0 Å². The van der Waals surface area contributed by atoms with Gasteiger partial charge < -0.3 is 25.2 Å². The largest absolute Gasteiger partial charge is 0.480 e. The molecule has 460 valence electrons. The molecule has 12 nitrogen and oxygen atoms in total. The fourth-order valence-electron chi connectivity index (χ4n) is 9.90. The molecule has 0 aliphatic heterocycles. The number of nitrogens with zero attached hydrogens (tertiary/aromatic N) is 4. The minimum absolute atomic E-state index is 0. The number of pyridine rings is 4. The van der Waals surface area contributed by atoms with Gasteiger partial charge >= 0.3 is 18.2 Å². The zero-order valence-corrected chi connectivity index (χ0v) is 57.8. The van der Waals surface area contributed by atoms with Gasteiger partial charge in [-0.25, -0.2) is 34.3 Å². The summed E-state index contributed by atoms with van der Waals surface area (Å²) in [5, 5.41) is 15.7. The first-order valence-corrected chi connectivity index (χ1v) is 32.6. The molecule has 0 radical (unpaired) electrons. The van der Waals surface area contributed by atoms with Crippen LogP contribution in [0.2, 0.25) is 0 Å². The van der Waals surface area contributed by atoms with Crippen molar-refractivity contribution in [2.24, 2.45) is 0 Å². The lowest BCUT2D eigenvalue weighted by Crippen LogP contribution is -2.42. The number of aryl methyl sites for hydroxylation is 1. The molecule has 2 aliphatic rings. The van der Waals surface area contributed by atoms with E-state index < -0.39 is 18.1 Å². The van der Waals surface area contributed by atoms with E-state index in [-0.39, 0.29) is 49.4 Å². The van der Waals surface area contributed by atoms with Gasteiger partial charge in [-0.1, -0.05) is 204 Å². The van der Waals surface area contributed by atoms with Crippen molar-refractivity contribution in [2.75, 3.05) is 13.2 Å². The number of aliphatic carboxylic acids is 1. The molecule has 0 saturated carbocycles. The molecule has 0 bridgehead atoms. The van der Waals surface area contributed by atoms with Gasteiger partial charge in [0.25, 0.3) is 0 Å². The number of rotatable bonds is 14. The van der Waals surface area contributed by atoms with Gasteiger partial charge in [-0.05, 0) is 192 Å². The summed E-state index contributed by atoms with van der Waals surface area (Å²) in [4.78, 5) is 52.6. The van der Waals surface area contributed by atoms with Crippen LogP contribution in [0, 0.1) is 6.92 Å². The maximum absolute atomic E-state index is 12.4. The molecular formula is C72H64Br5ClN6O6. The quantitative estimate of drug-likeness (QED) is 0.0705.